The van der Waals surface area contributed by atoms with E-state index in [9.17, 15) is 0 Å². The van der Waals surface area contributed by atoms with Crippen molar-refractivity contribution in [1.29, 1.82) is 0 Å². The molecule has 3 heterocycles. The van der Waals surface area contributed by atoms with Crippen molar-refractivity contribution in [2.75, 3.05) is 0 Å². The maximum atomic E-state index is 6.96. The van der Waals surface area contributed by atoms with Crippen LogP contribution in [0.2, 0.25) is 0 Å². The minimum absolute atomic E-state index is 0.618. The number of para-hydroxylation sites is 2. The number of nitrogens with zero attached hydrogens (tertiary/aromatic N) is 4. The summed E-state index contributed by atoms with van der Waals surface area (Å²) in [5.41, 5.74) is 7.52. The van der Waals surface area contributed by atoms with Gasteiger partial charge in [0, 0.05) is 33.0 Å². The number of rotatable bonds is 4. The number of fused-ring (bicyclic) bond motifs is 7. The van der Waals surface area contributed by atoms with Gasteiger partial charge < -0.3 is 4.42 Å². The van der Waals surface area contributed by atoms with Crippen LogP contribution in [0.1, 0.15) is 0 Å². The predicted octanol–water partition coefficient (Wildman–Crippen LogP) is 11.2. The lowest BCUT2D eigenvalue weighted by atomic mass is 9.88. The third-order valence-corrected chi connectivity index (χ3v) is 9.31. The first-order chi connectivity index (χ1) is 24.3. The highest BCUT2D eigenvalue weighted by atomic mass is 16.3. The first-order valence-electron chi connectivity index (χ1n) is 16.3. The van der Waals surface area contributed by atoms with E-state index in [0.717, 1.165) is 82.7 Å². The number of hydrogen-bond acceptors (Lipinski definition) is 5. The van der Waals surface area contributed by atoms with E-state index in [4.69, 9.17) is 24.4 Å². The zero-order chi connectivity index (χ0) is 32.3. The van der Waals surface area contributed by atoms with Gasteiger partial charge in [0.05, 0.1) is 16.8 Å². The van der Waals surface area contributed by atoms with Crippen LogP contribution in [-0.4, -0.2) is 19.9 Å². The molecule has 0 aliphatic carbocycles. The summed E-state index contributed by atoms with van der Waals surface area (Å²) in [6.45, 7) is 0. The Balaban J connectivity index is 1.34. The first kappa shape index (κ1) is 27.4. The molecule has 2 aliphatic heterocycles. The molecule has 0 radical (unpaired) electrons. The fourth-order valence-electron chi connectivity index (χ4n) is 7.13. The van der Waals surface area contributed by atoms with Gasteiger partial charge in [0.1, 0.15) is 11.3 Å². The normalized spacial score (nSPS) is 11.7. The third kappa shape index (κ3) is 4.33. The maximum Gasteiger partial charge on any atom is 0.165 e. The molecule has 2 aliphatic rings. The van der Waals surface area contributed by atoms with E-state index in [-0.39, 0.29) is 0 Å². The van der Waals surface area contributed by atoms with Crippen LogP contribution in [-0.2, 0) is 0 Å². The molecule has 0 bridgehead atoms. The summed E-state index contributed by atoms with van der Waals surface area (Å²) >= 11 is 0. The van der Waals surface area contributed by atoms with Gasteiger partial charge in [-0.1, -0.05) is 140 Å². The minimum atomic E-state index is 0.618. The van der Waals surface area contributed by atoms with Crippen molar-refractivity contribution in [2.24, 2.45) is 0 Å². The summed E-state index contributed by atoms with van der Waals surface area (Å²) in [6, 6.07) is 53.7. The van der Waals surface area contributed by atoms with Crippen molar-refractivity contribution < 1.29 is 4.42 Å². The minimum Gasteiger partial charge on any atom is -0.455 e. The Morgan fingerprint density at radius 1 is 0.327 bits per heavy atom. The maximum absolute atomic E-state index is 6.96. The molecule has 0 atom stereocenters. The summed E-state index contributed by atoms with van der Waals surface area (Å²) in [6.07, 6.45) is 0. The van der Waals surface area contributed by atoms with E-state index >= 15 is 0 Å². The molecule has 0 saturated heterocycles. The van der Waals surface area contributed by atoms with E-state index < -0.39 is 0 Å². The Morgan fingerprint density at radius 2 is 0.776 bits per heavy atom. The monoisotopic (exact) mass is 626 g/mol. The predicted molar refractivity (Wildman–Crippen MR) is 198 cm³/mol. The smallest absolute Gasteiger partial charge is 0.165 e. The van der Waals surface area contributed by atoms with E-state index in [1.165, 1.54) is 0 Å². The molecule has 228 valence electrons. The van der Waals surface area contributed by atoms with E-state index in [1.54, 1.807) is 0 Å². The quantitative estimate of drug-likeness (QED) is 0.182. The summed E-state index contributed by atoms with van der Waals surface area (Å²) in [7, 11) is 0. The van der Waals surface area contributed by atoms with E-state index in [1.807, 2.05) is 84.9 Å². The largest absolute Gasteiger partial charge is 0.455 e. The SMILES string of the molecule is c1ccc(-c2nc(-c3ccccc3)nc(-c3c4ccccc4c(-c4oc5ccccc5c5nc6ccccc6c4-5)c4ccccc34)n2)cc1. The van der Waals surface area contributed by atoms with Crippen LogP contribution in [0.15, 0.2) is 162 Å². The topological polar surface area (TPSA) is 64.7 Å². The van der Waals surface area contributed by atoms with Gasteiger partial charge in [0.2, 0.25) is 0 Å². The van der Waals surface area contributed by atoms with Gasteiger partial charge in [0.15, 0.2) is 17.5 Å². The highest BCUT2D eigenvalue weighted by Gasteiger charge is 2.27. The molecule has 10 rings (SSSR count). The second-order valence-electron chi connectivity index (χ2n) is 12.2. The van der Waals surface area contributed by atoms with Crippen LogP contribution in [0.3, 0.4) is 0 Å². The number of aromatic nitrogens is 4. The molecule has 0 spiro atoms. The average molecular weight is 627 g/mol. The van der Waals surface area contributed by atoms with Gasteiger partial charge in [-0.15, -0.1) is 0 Å². The Kier molecular flexibility index (Phi) is 6.11. The average Bonchev–Trinajstić information content (AvgIpc) is 3.57. The van der Waals surface area contributed by atoms with Crippen molar-refractivity contribution in [1.82, 2.24) is 19.9 Å². The zero-order valence-electron chi connectivity index (χ0n) is 26.2. The molecule has 0 N–H and O–H groups in total. The first-order valence-corrected chi connectivity index (χ1v) is 16.3. The van der Waals surface area contributed by atoms with Crippen LogP contribution < -0.4 is 0 Å². The molecule has 0 fully saturated rings. The van der Waals surface area contributed by atoms with Gasteiger partial charge in [-0.3, -0.25) is 0 Å². The van der Waals surface area contributed by atoms with Crippen molar-refractivity contribution in [3.05, 3.63) is 158 Å². The Hall–Kier alpha value is -6.72. The fraction of sp³-hybridized carbons (Fsp3) is 0. The lowest BCUT2D eigenvalue weighted by Gasteiger charge is -2.19. The zero-order valence-corrected chi connectivity index (χ0v) is 26.2. The van der Waals surface area contributed by atoms with Gasteiger partial charge >= 0.3 is 0 Å². The Labute approximate surface area is 281 Å². The summed E-state index contributed by atoms with van der Waals surface area (Å²) < 4.78 is 6.96. The lowest BCUT2D eigenvalue weighted by Crippen LogP contribution is -2.01. The molecular formula is C44H26N4O. The highest BCUT2D eigenvalue weighted by molar-refractivity contribution is 6.23. The number of benzene rings is 7. The van der Waals surface area contributed by atoms with Gasteiger partial charge in [0.25, 0.3) is 0 Å². The molecule has 8 aromatic rings. The van der Waals surface area contributed by atoms with Crippen molar-refractivity contribution in [2.45, 2.75) is 0 Å². The Bertz CT molecular complexity index is 2710. The highest BCUT2D eigenvalue weighted by Crippen LogP contribution is 2.49. The lowest BCUT2D eigenvalue weighted by molar-refractivity contribution is 0.623. The third-order valence-electron chi connectivity index (χ3n) is 9.31. The summed E-state index contributed by atoms with van der Waals surface area (Å²) in [4.78, 5) is 20.5. The standard InChI is InChI=1S/C44H26N4O/c1-3-15-27(16-4-1)42-46-43(28-17-5-2-6-18-28)48-44(47-42)38-31-21-9-7-19-29(31)37(30-20-8-10-22-32(30)38)41-39-33-23-11-13-25-35(33)45-40(39)34-24-12-14-26-36(34)49-41/h1-26H. The second kappa shape index (κ2) is 10.9. The molecule has 0 amide bonds. The van der Waals surface area contributed by atoms with E-state index in [2.05, 4.69) is 72.8 Å². The van der Waals surface area contributed by atoms with Crippen LogP contribution in [0.4, 0.5) is 0 Å². The Morgan fingerprint density at radius 3 is 1.37 bits per heavy atom. The number of hydrogen-bond donors (Lipinski definition) is 0. The molecule has 1 aromatic heterocycles. The molecule has 0 unspecified atom stereocenters. The molecule has 5 nitrogen and oxygen atoms in total. The molecule has 0 saturated carbocycles. The van der Waals surface area contributed by atoms with Crippen molar-refractivity contribution in [3.63, 3.8) is 0 Å². The van der Waals surface area contributed by atoms with Crippen LogP contribution >= 0.6 is 0 Å². The summed E-state index contributed by atoms with van der Waals surface area (Å²) in [5.74, 6) is 2.67. The van der Waals surface area contributed by atoms with Gasteiger partial charge in [-0.25, -0.2) is 19.9 Å². The summed E-state index contributed by atoms with van der Waals surface area (Å²) in [5, 5.41) is 6.21. The van der Waals surface area contributed by atoms with Gasteiger partial charge in [-0.05, 0) is 39.7 Å². The van der Waals surface area contributed by atoms with Crippen LogP contribution in [0, 0.1) is 0 Å². The van der Waals surface area contributed by atoms with Crippen LogP contribution in [0.25, 0.3) is 100 Å². The van der Waals surface area contributed by atoms with E-state index in [0.29, 0.717) is 17.5 Å². The van der Waals surface area contributed by atoms with Gasteiger partial charge in [-0.2, -0.15) is 0 Å². The molecule has 7 aromatic carbocycles. The molecule has 5 heteroatoms. The van der Waals surface area contributed by atoms with Crippen molar-refractivity contribution in [3.8, 4) is 56.7 Å². The molecular weight excluding hydrogens is 601 g/mol. The van der Waals surface area contributed by atoms with Crippen LogP contribution in [0.5, 0.6) is 0 Å². The molecule has 49 heavy (non-hydrogen) atoms. The van der Waals surface area contributed by atoms with Crippen molar-refractivity contribution >= 4 is 43.4 Å². The second-order valence-corrected chi connectivity index (χ2v) is 12.2. The fourth-order valence-corrected chi connectivity index (χ4v) is 7.13.